The Labute approximate surface area is 175 Å². The topological polar surface area (TPSA) is 40.8 Å². The first kappa shape index (κ1) is 18.1. The minimum absolute atomic E-state index is 0.652. The maximum Gasteiger partial charge on any atom is 0.216 e. The summed E-state index contributed by atoms with van der Waals surface area (Å²) in [5.74, 6) is 0. The van der Waals surface area contributed by atoms with Crippen LogP contribution in [0.15, 0.2) is 77.3 Å². The van der Waals surface area contributed by atoms with Crippen molar-refractivity contribution in [3.8, 4) is 28.5 Å². The number of hydrogen-bond acceptors (Lipinski definition) is 2. The molecule has 0 fully saturated rings. The molecule has 0 spiro atoms. The molecule has 2 heterocycles. The predicted molar refractivity (Wildman–Crippen MR) is 120 cm³/mol. The summed E-state index contributed by atoms with van der Waals surface area (Å²) in [5, 5.41) is 11.8. The van der Waals surface area contributed by atoms with E-state index in [-0.39, 0.29) is 0 Å². The number of aryl methyl sites for hydroxylation is 3. The van der Waals surface area contributed by atoms with E-state index in [4.69, 9.17) is 4.42 Å². The number of para-hydroxylation sites is 1. The fourth-order valence-corrected chi connectivity index (χ4v) is 4.25. The molecule has 3 aromatic carbocycles. The molecule has 0 amide bonds. The van der Waals surface area contributed by atoms with Gasteiger partial charge >= 0.3 is 0 Å². The van der Waals surface area contributed by atoms with E-state index in [2.05, 4.69) is 47.9 Å². The number of rotatable bonds is 2. The highest BCUT2D eigenvalue weighted by Crippen LogP contribution is 2.41. The second-order valence-electron chi connectivity index (χ2n) is 7.78. The molecule has 2 aromatic heterocycles. The Morgan fingerprint density at radius 2 is 1.67 bits per heavy atom. The number of nitriles is 1. The smallest absolute Gasteiger partial charge is 0.216 e. The normalized spacial score (nSPS) is 11.1. The van der Waals surface area contributed by atoms with Crippen molar-refractivity contribution < 1.29 is 8.98 Å². The van der Waals surface area contributed by atoms with Crippen LogP contribution in [0.25, 0.3) is 44.3 Å². The molecular formula is C27H21N2O+. The summed E-state index contributed by atoms with van der Waals surface area (Å²) in [6.45, 7) is 4.16. The third-order valence-electron chi connectivity index (χ3n) is 5.77. The SMILES string of the molecule is Cc1ccc(C#N)c(-c2cccc3c2oc2c(-c4cccc[n+]4C)c(C)ccc23)c1. The number of benzene rings is 3. The summed E-state index contributed by atoms with van der Waals surface area (Å²) in [5.41, 5.74) is 8.70. The lowest BCUT2D eigenvalue weighted by Gasteiger charge is -2.06. The predicted octanol–water partition coefficient (Wildman–Crippen LogP) is 6.23. The Balaban J connectivity index is 1.89. The lowest BCUT2D eigenvalue weighted by molar-refractivity contribution is -0.660. The van der Waals surface area contributed by atoms with Gasteiger partial charge in [0, 0.05) is 34.0 Å². The molecule has 0 aliphatic carbocycles. The van der Waals surface area contributed by atoms with Crippen LogP contribution in [0.1, 0.15) is 16.7 Å². The van der Waals surface area contributed by atoms with Crippen LogP contribution >= 0.6 is 0 Å². The van der Waals surface area contributed by atoms with E-state index < -0.39 is 0 Å². The van der Waals surface area contributed by atoms with Gasteiger partial charge in [0.1, 0.15) is 18.2 Å². The maximum absolute atomic E-state index is 9.66. The van der Waals surface area contributed by atoms with E-state index >= 15 is 0 Å². The molecule has 5 aromatic rings. The molecule has 3 nitrogen and oxygen atoms in total. The van der Waals surface area contributed by atoms with Crippen LogP contribution in [0.2, 0.25) is 0 Å². The van der Waals surface area contributed by atoms with Crippen LogP contribution in [0.5, 0.6) is 0 Å². The maximum atomic E-state index is 9.66. The van der Waals surface area contributed by atoms with Gasteiger partial charge in [0.25, 0.3) is 0 Å². The van der Waals surface area contributed by atoms with Crippen LogP contribution in [0.4, 0.5) is 0 Å². The molecule has 30 heavy (non-hydrogen) atoms. The Bertz CT molecular complexity index is 1480. The van der Waals surface area contributed by atoms with Crippen LogP contribution in [0.3, 0.4) is 0 Å². The van der Waals surface area contributed by atoms with Crippen molar-refractivity contribution in [2.75, 3.05) is 0 Å². The number of furan rings is 1. The summed E-state index contributed by atoms with van der Waals surface area (Å²) in [4.78, 5) is 0. The Kier molecular flexibility index (Phi) is 4.15. The second kappa shape index (κ2) is 6.86. The van der Waals surface area contributed by atoms with Crippen molar-refractivity contribution in [3.05, 3.63) is 89.6 Å². The molecule has 0 atom stereocenters. The fraction of sp³-hybridized carbons (Fsp3) is 0.111. The third kappa shape index (κ3) is 2.69. The van der Waals surface area contributed by atoms with Gasteiger partial charge in [-0.3, -0.25) is 0 Å². The first-order valence-electron chi connectivity index (χ1n) is 9.99. The van der Waals surface area contributed by atoms with Gasteiger partial charge in [0.15, 0.2) is 6.20 Å². The summed E-state index contributed by atoms with van der Waals surface area (Å²) >= 11 is 0. The number of nitrogens with zero attached hydrogens (tertiary/aromatic N) is 2. The zero-order valence-corrected chi connectivity index (χ0v) is 17.2. The van der Waals surface area contributed by atoms with Gasteiger partial charge in [0.05, 0.1) is 17.2 Å². The fourth-order valence-electron chi connectivity index (χ4n) is 4.25. The number of hydrogen-bond donors (Lipinski definition) is 0. The van der Waals surface area contributed by atoms with Crippen LogP contribution < -0.4 is 4.57 Å². The first-order valence-corrected chi connectivity index (χ1v) is 9.99. The average molecular weight is 389 g/mol. The van der Waals surface area contributed by atoms with E-state index in [1.54, 1.807) is 0 Å². The van der Waals surface area contributed by atoms with Crippen LogP contribution in [-0.4, -0.2) is 0 Å². The van der Waals surface area contributed by atoms with E-state index in [1.807, 2.05) is 56.6 Å². The summed E-state index contributed by atoms with van der Waals surface area (Å²) in [7, 11) is 2.05. The molecule has 144 valence electrons. The van der Waals surface area contributed by atoms with Crippen molar-refractivity contribution in [3.63, 3.8) is 0 Å². The molecule has 0 bridgehead atoms. The van der Waals surface area contributed by atoms with Crippen molar-refractivity contribution in [2.45, 2.75) is 13.8 Å². The minimum Gasteiger partial charge on any atom is -0.454 e. The van der Waals surface area contributed by atoms with Gasteiger partial charge in [-0.25, -0.2) is 4.57 Å². The third-order valence-corrected chi connectivity index (χ3v) is 5.77. The first-order chi connectivity index (χ1) is 14.6. The van der Waals surface area contributed by atoms with Crippen LogP contribution in [0, 0.1) is 25.2 Å². The van der Waals surface area contributed by atoms with Crippen molar-refractivity contribution in [1.29, 1.82) is 5.26 Å². The molecule has 0 aliphatic heterocycles. The zero-order valence-electron chi connectivity index (χ0n) is 17.2. The average Bonchev–Trinajstić information content (AvgIpc) is 3.13. The number of aromatic nitrogens is 1. The molecule has 3 heteroatoms. The largest absolute Gasteiger partial charge is 0.454 e. The summed E-state index contributed by atoms with van der Waals surface area (Å²) in [6, 6.07) is 24.9. The van der Waals surface area contributed by atoms with E-state index in [9.17, 15) is 5.26 Å². The highest BCUT2D eigenvalue weighted by atomic mass is 16.3. The van der Waals surface area contributed by atoms with Crippen molar-refractivity contribution >= 4 is 21.9 Å². The van der Waals surface area contributed by atoms with Crippen molar-refractivity contribution in [1.82, 2.24) is 0 Å². The monoisotopic (exact) mass is 389 g/mol. The summed E-state index contributed by atoms with van der Waals surface area (Å²) < 4.78 is 8.69. The quantitative estimate of drug-likeness (QED) is 0.336. The van der Waals surface area contributed by atoms with Gasteiger partial charge < -0.3 is 4.42 Å². The lowest BCUT2D eigenvalue weighted by atomic mass is 9.96. The summed E-state index contributed by atoms with van der Waals surface area (Å²) in [6.07, 6.45) is 2.05. The Hall–Kier alpha value is -3.90. The zero-order chi connectivity index (χ0) is 20.8. The van der Waals surface area contributed by atoms with Gasteiger partial charge in [-0.15, -0.1) is 0 Å². The molecule has 5 rings (SSSR count). The highest BCUT2D eigenvalue weighted by Gasteiger charge is 2.21. The second-order valence-corrected chi connectivity index (χ2v) is 7.78. The minimum atomic E-state index is 0.652. The molecule has 0 N–H and O–H groups in total. The Morgan fingerprint density at radius 3 is 2.47 bits per heavy atom. The lowest BCUT2D eigenvalue weighted by Crippen LogP contribution is -2.30. The molecule has 0 aliphatic rings. The standard InChI is InChI=1S/C27H21N2O/c1-17-10-12-19(16-28)23(15-17)21-8-6-7-20-22-13-11-18(2)25(27(22)30-26(20)21)24-9-4-5-14-29(24)3/h4-15H,1-3H3/q+1. The van der Waals surface area contributed by atoms with E-state index in [0.717, 1.165) is 55.4 Å². The van der Waals surface area contributed by atoms with Gasteiger partial charge in [-0.2, -0.15) is 5.26 Å². The highest BCUT2D eigenvalue weighted by molar-refractivity contribution is 6.13. The number of pyridine rings is 1. The number of fused-ring (bicyclic) bond motifs is 3. The van der Waals surface area contributed by atoms with Crippen molar-refractivity contribution in [2.24, 2.45) is 7.05 Å². The van der Waals surface area contributed by atoms with Gasteiger partial charge in [-0.1, -0.05) is 42.0 Å². The molecule has 0 saturated carbocycles. The van der Waals surface area contributed by atoms with E-state index in [1.165, 1.54) is 0 Å². The van der Waals surface area contributed by atoms with Crippen LogP contribution in [-0.2, 0) is 7.05 Å². The molecular weight excluding hydrogens is 368 g/mol. The molecule has 0 saturated heterocycles. The molecule has 0 unspecified atom stereocenters. The molecule has 0 radical (unpaired) electrons. The van der Waals surface area contributed by atoms with E-state index in [0.29, 0.717) is 5.56 Å². The van der Waals surface area contributed by atoms with Gasteiger partial charge in [-0.05, 0) is 37.6 Å². The van der Waals surface area contributed by atoms with Gasteiger partial charge in [0.2, 0.25) is 5.69 Å². The Morgan fingerprint density at radius 1 is 0.833 bits per heavy atom.